The molecule has 6 heteroatoms. The van der Waals surface area contributed by atoms with Gasteiger partial charge in [-0.1, -0.05) is 30.3 Å². The fourth-order valence-corrected chi connectivity index (χ4v) is 2.27. The van der Waals surface area contributed by atoms with Gasteiger partial charge in [-0.25, -0.2) is 4.79 Å². The Morgan fingerprint density at radius 2 is 1.95 bits per heavy atom. The van der Waals surface area contributed by atoms with Gasteiger partial charge in [0.2, 0.25) is 5.91 Å². The summed E-state index contributed by atoms with van der Waals surface area (Å²) in [5, 5.41) is 18.6. The molecule has 6 nitrogen and oxygen atoms in total. The van der Waals surface area contributed by atoms with Crippen molar-refractivity contribution in [2.75, 3.05) is 6.54 Å². The van der Waals surface area contributed by atoms with Crippen molar-refractivity contribution in [2.45, 2.75) is 24.6 Å². The van der Waals surface area contributed by atoms with Gasteiger partial charge in [0.15, 0.2) is 0 Å². The molecular weight excluding hydrogens is 248 g/mol. The van der Waals surface area contributed by atoms with Gasteiger partial charge in [-0.2, -0.15) is 0 Å². The van der Waals surface area contributed by atoms with Crippen LogP contribution in [0.1, 0.15) is 18.0 Å². The molecular formula is C13H16N2O4. The van der Waals surface area contributed by atoms with Crippen molar-refractivity contribution in [2.24, 2.45) is 5.73 Å². The molecule has 4 N–H and O–H groups in total. The molecule has 1 aliphatic heterocycles. The van der Waals surface area contributed by atoms with Gasteiger partial charge in [0.25, 0.3) is 0 Å². The van der Waals surface area contributed by atoms with Crippen LogP contribution < -0.4 is 5.73 Å². The summed E-state index contributed by atoms with van der Waals surface area (Å²) >= 11 is 0. The first-order chi connectivity index (χ1) is 9.00. The normalized spacial score (nSPS) is 24.2. The lowest BCUT2D eigenvalue weighted by molar-refractivity contribution is -0.148. The molecule has 1 aromatic rings. The Hall–Kier alpha value is -1.92. The maximum absolute atomic E-state index is 12.2. The second-order valence-corrected chi connectivity index (χ2v) is 4.62. The van der Waals surface area contributed by atoms with Crippen LogP contribution in [0.25, 0.3) is 0 Å². The summed E-state index contributed by atoms with van der Waals surface area (Å²) in [6.45, 7) is 0.0103. The fourth-order valence-electron chi connectivity index (χ4n) is 2.27. The molecule has 0 aromatic heterocycles. The first-order valence-electron chi connectivity index (χ1n) is 6.02. The molecule has 1 saturated heterocycles. The molecule has 0 spiro atoms. The Labute approximate surface area is 110 Å². The number of benzene rings is 1. The van der Waals surface area contributed by atoms with E-state index in [2.05, 4.69) is 0 Å². The average Bonchev–Trinajstić information content (AvgIpc) is 2.80. The van der Waals surface area contributed by atoms with E-state index in [0.29, 0.717) is 5.56 Å². The van der Waals surface area contributed by atoms with Gasteiger partial charge in [0.05, 0.1) is 6.10 Å². The van der Waals surface area contributed by atoms with E-state index in [1.807, 2.05) is 0 Å². The molecule has 1 fully saturated rings. The number of aliphatic carboxylic acids is 1. The fraction of sp³-hybridized carbons (Fsp3) is 0.385. The highest BCUT2D eigenvalue weighted by Crippen LogP contribution is 2.22. The minimum Gasteiger partial charge on any atom is -0.480 e. The number of aliphatic hydroxyl groups is 1. The average molecular weight is 264 g/mol. The number of aliphatic hydroxyl groups excluding tert-OH is 1. The molecule has 0 saturated carbocycles. The van der Waals surface area contributed by atoms with E-state index < -0.39 is 30.1 Å². The van der Waals surface area contributed by atoms with Gasteiger partial charge in [0, 0.05) is 13.0 Å². The number of amides is 1. The molecule has 19 heavy (non-hydrogen) atoms. The first kappa shape index (κ1) is 13.5. The Balaban J connectivity index is 2.17. The molecule has 0 bridgehead atoms. The van der Waals surface area contributed by atoms with Crippen LogP contribution >= 0.6 is 0 Å². The van der Waals surface area contributed by atoms with Gasteiger partial charge < -0.3 is 20.8 Å². The number of hydrogen-bond acceptors (Lipinski definition) is 4. The van der Waals surface area contributed by atoms with Crippen LogP contribution in [0, 0.1) is 0 Å². The zero-order valence-electron chi connectivity index (χ0n) is 10.3. The summed E-state index contributed by atoms with van der Waals surface area (Å²) in [5.41, 5.74) is 6.48. The lowest BCUT2D eigenvalue weighted by Gasteiger charge is -2.24. The van der Waals surface area contributed by atoms with Gasteiger partial charge in [0.1, 0.15) is 12.1 Å². The Bertz CT molecular complexity index is 477. The second-order valence-electron chi connectivity index (χ2n) is 4.62. The third-order valence-corrected chi connectivity index (χ3v) is 3.27. The van der Waals surface area contributed by atoms with E-state index in [1.165, 1.54) is 0 Å². The van der Waals surface area contributed by atoms with E-state index in [-0.39, 0.29) is 13.0 Å². The summed E-state index contributed by atoms with van der Waals surface area (Å²) in [6.07, 6.45) is -0.768. The number of hydrogen-bond donors (Lipinski definition) is 3. The number of β-amino-alcohol motifs (C(OH)–C–C–N with tert-alkyl or cyclic N) is 1. The van der Waals surface area contributed by atoms with Gasteiger partial charge in [-0.15, -0.1) is 0 Å². The molecule has 0 radical (unpaired) electrons. The molecule has 1 heterocycles. The molecule has 0 unspecified atom stereocenters. The highest BCUT2D eigenvalue weighted by Gasteiger charge is 2.40. The smallest absolute Gasteiger partial charge is 0.326 e. The number of nitrogens with zero attached hydrogens (tertiary/aromatic N) is 1. The third kappa shape index (κ3) is 2.74. The van der Waals surface area contributed by atoms with Crippen molar-refractivity contribution in [1.29, 1.82) is 0 Å². The van der Waals surface area contributed by atoms with Crippen molar-refractivity contribution in [3.8, 4) is 0 Å². The summed E-state index contributed by atoms with van der Waals surface area (Å²) < 4.78 is 0. The third-order valence-electron chi connectivity index (χ3n) is 3.27. The molecule has 1 aliphatic rings. The Morgan fingerprint density at radius 3 is 2.53 bits per heavy atom. The summed E-state index contributed by atoms with van der Waals surface area (Å²) in [5.74, 6) is -1.60. The number of rotatable bonds is 3. The predicted octanol–water partition coefficient (Wildman–Crippen LogP) is -0.267. The number of carbonyl (C=O) groups excluding carboxylic acids is 1. The lowest BCUT2D eigenvalue weighted by Crippen LogP contribution is -2.45. The number of carbonyl (C=O) groups is 2. The molecule has 3 atom stereocenters. The van der Waals surface area contributed by atoms with E-state index in [1.54, 1.807) is 30.3 Å². The van der Waals surface area contributed by atoms with E-state index in [9.17, 15) is 14.7 Å². The standard InChI is InChI=1S/C13H16N2O4/c14-11(8-4-2-1-3-5-8)12(17)15-7-9(16)6-10(15)13(18)19/h1-5,9-11,16H,6-7,14H2,(H,18,19)/t9-,10-,11+/m0/s1. The van der Waals surface area contributed by atoms with Crippen molar-refractivity contribution in [3.05, 3.63) is 35.9 Å². The minimum absolute atomic E-state index is 0.0103. The van der Waals surface area contributed by atoms with Crippen LogP contribution in [-0.4, -0.2) is 45.7 Å². The van der Waals surface area contributed by atoms with Crippen molar-refractivity contribution in [1.82, 2.24) is 4.90 Å². The molecule has 1 amide bonds. The lowest BCUT2D eigenvalue weighted by atomic mass is 10.1. The number of carboxylic acids is 1. The van der Waals surface area contributed by atoms with Gasteiger partial charge >= 0.3 is 5.97 Å². The van der Waals surface area contributed by atoms with E-state index in [4.69, 9.17) is 10.8 Å². The Kier molecular flexibility index (Phi) is 3.82. The highest BCUT2D eigenvalue weighted by molar-refractivity contribution is 5.88. The molecule has 102 valence electrons. The predicted molar refractivity (Wildman–Crippen MR) is 67.1 cm³/mol. The van der Waals surface area contributed by atoms with Crippen LogP contribution in [0.4, 0.5) is 0 Å². The zero-order chi connectivity index (χ0) is 14.0. The van der Waals surface area contributed by atoms with Crippen LogP contribution in [0.3, 0.4) is 0 Å². The van der Waals surface area contributed by atoms with Crippen molar-refractivity contribution < 1.29 is 19.8 Å². The summed E-state index contributed by atoms with van der Waals surface area (Å²) in [7, 11) is 0. The largest absolute Gasteiger partial charge is 0.480 e. The van der Waals surface area contributed by atoms with Gasteiger partial charge in [-0.3, -0.25) is 4.79 Å². The van der Waals surface area contributed by atoms with Crippen molar-refractivity contribution >= 4 is 11.9 Å². The molecule has 1 aromatic carbocycles. The van der Waals surface area contributed by atoms with Crippen molar-refractivity contribution in [3.63, 3.8) is 0 Å². The van der Waals surface area contributed by atoms with Gasteiger partial charge in [-0.05, 0) is 5.56 Å². The number of nitrogens with two attached hydrogens (primary N) is 1. The molecule has 0 aliphatic carbocycles. The topological polar surface area (TPSA) is 104 Å². The summed E-state index contributed by atoms with van der Waals surface area (Å²) in [4.78, 5) is 24.5. The SMILES string of the molecule is N[C@@H](C(=O)N1C[C@@H](O)C[C@H]1C(=O)O)c1ccccc1. The quantitative estimate of drug-likeness (QED) is 0.697. The van der Waals surface area contributed by atoms with Crippen LogP contribution in [0.2, 0.25) is 0 Å². The summed E-state index contributed by atoms with van der Waals surface area (Å²) in [6, 6.07) is 6.84. The second kappa shape index (κ2) is 5.38. The maximum Gasteiger partial charge on any atom is 0.326 e. The molecule has 2 rings (SSSR count). The van der Waals surface area contributed by atoms with Crippen LogP contribution in [0.5, 0.6) is 0 Å². The zero-order valence-corrected chi connectivity index (χ0v) is 10.3. The van der Waals surface area contributed by atoms with E-state index in [0.717, 1.165) is 4.90 Å². The highest BCUT2D eigenvalue weighted by atomic mass is 16.4. The van der Waals surface area contributed by atoms with Crippen LogP contribution in [0.15, 0.2) is 30.3 Å². The number of likely N-dealkylation sites (tertiary alicyclic amines) is 1. The minimum atomic E-state index is -1.12. The van der Waals surface area contributed by atoms with Crippen LogP contribution in [-0.2, 0) is 9.59 Å². The number of carboxylic acid groups (broad SMARTS) is 1. The monoisotopic (exact) mass is 264 g/mol. The first-order valence-corrected chi connectivity index (χ1v) is 6.02. The maximum atomic E-state index is 12.2. The Morgan fingerprint density at radius 1 is 1.32 bits per heavy atom. The van der Waals surface area contributed by atoms with E-state index >= 15 is 0 Å².